The Hall–Kier alpha value is -0.520. The molecule has 0 aliphatic heterocycles. The van der Waals surface area contributed by atoms with Crippen molar-refractivity contribution in [2.75, 3.05) is 0 Å². The molecule has 14 heavy (non-hydrogen) atoms. The van der Waals surface area contributed by atoms with E-state index in [1.807, 2.05) is 0 Å². The van der Waals surface area contributed by atoms with Crippen LogP contribution in [0, 0.1) is 0 Å². The molecule has 0 saturated heterocycles. The summed E-state index contributed by atoms with van der Waals surface area (Å²) in [7, 11) is 0. The summed E-state index contributed by atoms with van der Waals surface area (Å²) in [5.41, 5.74) is 3.18. The second-order valence-electron chi connectivity index (χ2n) is 3.86. The highest BCUT2D eigenvalue weighted by atomic mass is 14.0. The number of allylic oxidation sites excluding steroid dienone is 4. The van der Waals surface area contributed by atoms with Gasteiger partial charge in [0.05, 0.1) is 0 Å². The van der Waals surface area contributed by atoms with Crippen LogP contribution in [0.4, 0.5) is 0 Å². The van der Waals surface area contributed by atoms with Crippen molar-refractivity contribution in [1.29, 1.82) is 0 Å². The maximum absolute atomic E-state index is 2.36. The van der Waals surface area contributed by atoms with Crippen molar-refractivity contribution in [3.63, 3.8) is 0 Å². The maximum Gasteiger partial charge on any atom is -0.0320 e. The molecule has 0 aromatic rings. The second-order valence-corrected chi connectivity index (χ2v) is 3.86. The smallest absolute Gasteiger partial charge is 0.0320 e. The molecule has 0 aromatic carbocycles. The van der Waals surface area contributed by atoms with Crippen LogP contribution in [0.15, 0.2) is 23.3 Å². The van der Waals surface area contributed by atoms with Crippen LogP contribution in [0.25, 0.3) is 0 Å². The molecule has 0 heterocycles. The molecule has 0 nitrogen and oxygen atoms in total. The van der Waals surface area contributed by atoms with Crippen molar-refractivity contribution < 1.29 is 0 Å². The molecular weight excluding hydrogens is 168 g/mol. The first-order valence-electron chi connectivity index (χ1n) is 6.15. The lowest BCUT2D eigenvalue weighted by atomic mass is 10.0. The summed E-state index contributed by atoms with van der Waals surface area (Å²) in [6.07, 6.45) is 12.2. The average molecular weight is 194 g/mol. The van der Waals surface area contributed by atoms with Gasteiger partial charge in [0.25, 0.3) is 0 Å². The molecule has 0 aromatic heterocycles. The van der Waals surface area contributed by atoms with Gasteiger partial charge in [0.2, 0.25) is 0 Å². The first-order valence-corrected chi connectivity index (χ1v) is 6.15. The van der Waals surface area contributed by atoms with Gasteiger partial charge in [-0.05, 0) is 25.7 Å². The summed E-state index contributed by atoms with van der Waals surface area (Å²) >= 11 is 0. The van der Waals surface area contributed by atoms with Crippen LogP contribution in [-0.2, 0) is 0 Å². The number of rotatable bonds is 7. The lowest BCUT2D eigenvalue weighted by Gasteiger charge is -2.03. The van der Waals surface area contributed by atoms with Crippen molar-refractivity contribution >= 4 is 0 Å². The third-order valence-corrected chi connectivity index (χ3v) is 2.61. The summed E-state index contributed by atoms with van der Waals surface area (Å²) in [6, 6.07) is 0. The van der Waals surface area contributed by atoms with E-state index in [4.69, 9.17) is 0 Å². The van der Waals surface area contributed by atoms with Crippen LogP contribution in [0.2, 0.25) is 0 Å². The maximum atomic E-state index is 2.36. The van der Waals surface area contributed by atoms with Gasteiger partial charge in [-0.2, -0.15) is 0 Å². The Balaban J connectivity index is 4.31. The Bertz CT molecular complexity index is 170. The molecule has 0 heteroatoms. The molecule has 0 bridgehead atoms. The van der Waals surface area contributed by atoms with E-state index < -0.39 is 0 Å². The summed E-state index contributed by atoms with van der Waals surface area (Å²) in [6.45, 7) is 8.99. The van der Waals surface area contributed by atoms with Crippen LogP contribution < -0.4 is 0 Å². The molecule has 0 rings (SSSR count). The second kappa shape index (κ2) is 9.05. The Morgan fingerprint density at radius 1 is 0.714 bits per heavy atom. The average Bonchev–Trinajstić information content (AvgIpc) is 2.20. The molecule has 0 saturated carbocycles. The zero-order chi connectivity index (χ0) is 10.8. The predicted octanol–water partition coefficient (Wildman–Crippen LogP) is 5.26. The van der Waals surface area contributed by atoms with E-state index in [0.717, 1.165) is 0 Å². The quantitative estimate of drug-likeness (QED) is 0.485. The summed E-state index contributed by atoms with van der Waals surface area (Å²) < 4.78 is 0. The van der Waals surface area contributed by atoms with Crippen LogP contribution >= 0.6 is 0 Å². The van der Waals surface area contributed by atoms with Gasteiger partial charge in [-0.15, -0.1) is 0 Å². The molecule has 0 radical (unpaired) electrons. The van der Waals surface area contributed by atoms with E-state index in [-0.39, 0.29) is 0 Å². The molecule has 0 N–H and O–H groups in total. The van der Waals surface area contributed by atoms with E-state index in [1.165, 1.54) is 38.5 Å². The van der Waals surface area contributed by atoms with E-state index in [0.29, 0.717) is 0 Å². The zero-order valence-electron chi connectivity index (χ0n) is 10.4. The van der Waals surface area contributed by atoms with E-state index in [2.05, 4.69) is 39.8 Å². The third kappa shape index (κ3) is 6.01. The minimum atomic E-state index is 1.19. The largest absolute Gasteiger partial charge is 0.0708 e. The fourth-order valence-electron chi connectivity index (χ4n) is 1.66. The molecule has 0 unspecified atom stereocenters. The van der Waals surface area contributed by atoms with Crippen LogP contribution in [0.3, 0.4) is 0 Å². The van der Waals surface area contributed by atoms with Gasteiger partial charge >= 0.3 is 0 Å². The SMILES string of the molecule is CCCC(=CC=C(CC)CC)CCC. The topological polar surface area (TPSA) is 0 Å². The lowest BCUT2D eigenvalue weighted by molar-refractivity contribution is 0.803. The fraction of sp³-hybridized carbons (Fsp3) is 0.714. The number of hydrogen-bond donors (Lipinski definition) is 0. The summed E-state index contributed by atoms with van der Waals surface area (Å²) in [5.74, 6) is 0. The van der Waals surface area contributed by atoms with Crippen LogP contribution in [0.1, 0.15) is 66.2 Å². The lowest BCUT2D eigenvalue weighted by Crippen LogP contribution is -1.83. The molecule has 0 spiro atoms. The normalized spacial score (nSPS) is 9.71. The zero-order valence-corrected chi connectivity index (χ0v) is 10.4. The fourth-order valence-corrected chi connectivity index (χ4v) is 1.66. The highest BCUT2D eigenvalue weighted by Gasteiger charge is 1.93. The summed E-state index contributed by atoms with van der Waals surface area (Å²) in [5, 5.41) is 0. The minimum Gasteiger partial charge on any atom is -0.0708 e. The number of hydrogen-bond acceptors (Lipinski definition) is 0. The van der Waals surface area contributed by atoms with Gasteiger partial charge < -0.3 is 0 Å². The van der Waals surface area contributed by atoms with E-state index >= 15 is 0 Å². The van der Waals surface area contributed by atoms with Crippen LogP contribution in [0.5, 0.6) is 0 Å². The van der Waals surface area contributed by atoms with Crippen molar-refractivity contribution in [1.82, 2.24) is 0 Å². The first-order chi connectivity index (χ1) is 6.78. The highest BCUT2D eigenvalue weighted by molar-refractivity contribution is 5.17. The molecule has 82 valence electrons. The Morgan fingerprint density at radius 2 is 1.14 bits per heavy atom. The molecule has 0 atom stereocenters. The van der Waals surface area contributed by atoms with E-state index in [1.54, 1.807) is 11.1 Å². The monoisotopic (exact) mass is 194 g/mol. The molecule has 0 fully saturated rings. The molecule has 0 amide bonds. The van der Waals surface area contributed by atoms with Gasteiger partial charge in [0.15, 0.2) is 0 Å². The van der Waals surface area contributed by atoms with Crippen molar-refractivity contribution in [3.8, 4) is 0 Å². The predicted molar refractivity (Wildman–Crippen MR) is 66.6 cm³/mol. The summed E-state index contributed by atoms with van der Waals surface area (Å²) in [4.78, 5) is 0. The van der Waals surface area contributed by atoms with Gasteiger partial charge in [0, 0.05) is 0 Å². The Labute approximate surface area is 90.1 Å². The van der Waals surface area contributed by atoms with Crippen molar-refractivity contribution in [2.24, 2.45) is 0 Å². The van der Waals surface area contributed by atoms with Gasteiger partial charge in [-0.3, -0.25) is 0 Å². The standard InChI is InChI=1S/C14H26/c1-5-9-14(10-6-2)12-11-13(7-3)8-4/h11-12H,5-10H2,1-4H3. The van der Waals surface area contributed by atoms with Gasteiger partial charge in [0.1, 0.15) is 0 Å². The molecule has 0 aliphatic carbocycles. The van der Waals surface area contributed by atoms with Crippen LogP contribution in [-0.4, -0.2) is 0 Å². The minimum absolute atomic E-state index is 1.19. The van der Waals surface area contributed by atoms with Gasteiger partial charge in [-0.25, -0.2) is 0 Å². The first kappa shape index (κ1) is 13.5. The van der Waals surface area contributed by atoms with Crippen molar-refractivity contribution in [3.05, 3.63) is 23.3 Å². The van der Waals surface area contributed by atoms with Crippen molar-refractivity contribution in [2.45, 2.75) is 66.2 Å². The Kier molecular flexibility index (Phi) is 8.72. The highest BCUT2D eigenvalue weighted by Crippen LogP contribution is 2.14. The van der Waals surface area contributed by atoms with E-state index in [9.17, 15) is 0 Å². The van der Waals surface area contributed by atoms with Gasteiger partial charge in [-0.1, -0.05) is 63.8 Å². The molecule has 0 aliphatic rings. The Morgan fingerprint density at radius 3 is 1.50 bits per heavy atom. The third-order valence-electron chi connectivity index (χ3n) is 2.61. The molecular formula is C14H26.